The lowest BCUT2D eigenvalue weighted by Crippen LogP contribution is -2.27. The molecule has 0 saturated carbocycles. The average molecular weight is 722 g/mol. The molecule has 0 unspecified atom stereocenters. The lowest BCUT2D eigenvalue weighted by molar-refractivity contribution is -0.123. The number of hydrogen-bond acceptors (Lipinski definition) is 4. The Morgan fingerprint density at radius 3 is 2.36 bits per heavy atom. The van der Waals surface area contributed by atoms with Crippen molar-refractivity contribution in [3.8, 4) is 5.75 Å². The van der Waals surface area contributed by atoms with E-state index in [0.717, 1.165) is 34.9 Å². The van der Waals surface area contributed by atoms with Gasteiger partial charge in [-0.3, -0.25) is 14.5 Å². The quantitative estimate of drug-likeness (QED) is 0.191. The molecule has 2 amide bonds. The number of rotatable bonds is 6. The molecule has 1 fully saturated rings. The molecule has 1 aliphatic rings. The van der Waals surface area contributed by atoms with Gasteiger partial charge in [0.1, 0.15) is 12.4 Å². The van der Waals surface area contributed by atoms with Crippen LogP contribution < -0.4 is 4.74 Å². The number of carbonyl (C=O) groups is 2. The highest BCUT2D eigenvalue weighted by atomic mass is 127. The van der Waals surface area contributed by atoms with E-state index < -0.39 is 0 Å². The fourth-order valence-corrected chi connectivity index (χ4v) is 6.58. The molecule has 1 heterocycles. The highest BCUT2D eigenvalue weighted by Gasteiger charge is 2.36. The Hall–Kier alpha value is -1.27. The van der Waals surface area contributed by atoms with Gasteiger partial charge in [-0.1, -0.05) is 59.6 Å². The van der Waals surface area contributed by atoms with Crippen molar-refractivity contribution in [3.63, 3.8) is 0 Å². The Morgan fingerprint density at radius 1 is 0.970 bits per heavy atom. The zero-order chi connectivity index (χ0) is 23.5. The first-order valence-electron chi connectivity index (χ1n) is 9.67. The first-order valence-corrected chi connectivity index (χ1v) is 13.4. The number of imide groups is 1. The lowest BCUT2D eigenvalue weighted by Gasteiger charge is -2.15. The summed E-state index contributed by atoms with van der Waals surface area (Å²) < 4.78 is 8.04. The number of benzene rings is 3. The molecule has 0 bridgehead atoms. The molecule has 9 heteroatoms. The monoisotopic (exact) mass is 721 g/mol. The molecule has 0 aromatic heterocycles. The predicted octanol–water partition coefficient (Wildman–Crippen LogP) is 8.02. The van der Waals surface area contributed by atoms with Crippen LogP contribution in [0.15, 0.2) is 65.6 Å². The Morgan fingerprint density at radius 2 is 1.67 bits per heavy atom. The van der Waals surface area contributed by atoms with Crippen LogP contribution in [0.4, 0.5) is 4.79 Å². The summed E-state index contributed by atoms with van der Waals surface area (Å²) in [6.07, 6.45) is 1.71. The third-order valence-corrected chi connectivity index (χ3v) is 7.84. The van der Waals surface area contributed by atoms with Crippen LogP contribution in [0.1, 0.15) is 16.7 Å². The van der Waals surface area contributed by atoms with Gasteiger partial charge in [0.2, 0.25) is 0 Å². The zero-order valence-electron chi connectivity index (χ0n) is 16.9. The number of carbonyl (C=O) groups excluding carboxylic acids is 2. The summed E-state index contributed by atoms with van der Waals surface area (Å²) in [6, 6.07) is 18.9. The van der Waals surface area contributed by atoms with Crippen LogP contribution in [0, 0.1) is 7.14 Å². The minimum atomic E-state index is -0.385. The smallest absolute Gasteiger partial charge is 0.293 e. The van der Waals surface area contributed by atoms with Crippen LogP contribution in [0.25, 0.3) is 6.08 Å². The van der Waals surface area contributed by atoms with Crippen molar-refractivity contribution in [3.05, 3.63) is 99.4 Å². The largest absolute Gasteiger partial charge is 0.487 e. The molecule has 1 aliphatic heterocycles. The Kier molecular flexibility index (Phi) is 8.27. The molecule has 1 saturated heterocycles. The van der Waals surface area contributed by atoms with Crippen LogP contribution in [0.5, 0.6) is 5.75 Å². The molecule has 0 N–H and O–H groups in total. The molecular formula is C24H15Cl2I2NO3S. The summed E-state index contributed by atoms with van der Waals surface area (Å²) in [4.78, 5) is 27.2. The van der Waals surface area contributed by atoms with Crippen molar-refractivity contribution in [2.24, 2.45) is 0 Å². The summed E-state index contributed by atoms with van der Waals surface area (Å²) in [5.41, 5.74) is 2.32. The van der Waals surface area contributed by atoms with Gasteiger partial charge in [-0.15, -0.1) is 0 Å². The van der Waals surface area contributed by atoms with Crippen LogP contribution >= 0.6 is 80.1 Å². The van der Waals surface area contributed by atoms with Gasteiger partial charge in [0.05, 0.1) is 15.0 Å². The van der Waals surface area contributed by atoms with Crippen LogP contribution in [-0.4, -0.2) is 16.0 Å². The highest BCUT2D eigenvalue weighted by Crippen LogP contribution is 2.38. The molecular weight excluding hydrogens is 707 g/mol. The van der Waals surface area contributed by atoms with E-state index in [1.54, 1.807) is 24.3 Å². The molecule has 4 rings (SSSR count). The fraction of sp³-hybridized carbons (Fsp3) is 0.0833. The number of amides is 2. The van der Waals surface area contributed by atoms with Gasteiger partial charge in [0.25, 0.3) is 11.1 Å². The van der Waals surface area contributed by atoms with E-state index in [1.165, 1.54) is 0 Å². The van der Waals surface area contributed by atoms with Crippen LogP contribution in [-0.2, 0) is 17.9 Å². The van der Waals surface area contributed by atoms with E-state index in [1.807, 2.05) is 42.5 Å². The van der Waals surface area contributed by atoms with Gasteiger partial charge < -0.3 is 4.74 Å². The van der Waals surface area contributed by atoms with Gasteiger partial charge in [-0.2, -0.15) is 0 Å². The Labute approximate surface area is 232 Å². The average Bonchev–Trinajstić information content (AvgIpc) is 3.03. The number of hydrogen-bond donors (Lipinski definition) is 0. The second kappa shape index (κ2) is 11.0. The van der Waals surface area contributed by atoms with E-state index in [9.17, 15) is 9.59 Å². The zero-order valence-corrected chi connectivity index (χ0v) is 23.5. The second-order valence-corrected chi connectivity index (χ2v) is 11.3. The van der Waals surface area contributed by atoms with Gasteiger partial charge in [0.15, 0.2) is 0 Å². The topological polar surface area (TPSA) is 46.6 Å². The minimum absolute atomic E-state index is 0.0156. The van der Waals surface area contributed by atoms with E-state index in [2.05, 4.69) is 45.2 Å². The van der Waals surface area contributed by atoms with Crippen molar-refractivity contribution >= 4 is 97.4 Å². The van der Waals surface area contributed by atoms with Crippen molar-refractivity contribution in [1.82, 2.24) is 4.90 Å². The van der Waals surface area contributed by atoms with E-state index in [0.29, 0.717) is 32.9 Å². The summed E-state index contributed by atoms with van der Waals surface area (Å²) in [6.45, 7) is 0.409. The van der Waals surface area contributed by atoms with E-state index >= 15 is 0 Å². The molecule has 168 valence electrons. The number of halogens is 4. The summed E-state index contributed by atoms with van der Waals surface area (Å²) in [5, 5.41) is 0.456. The molecule has 0 radical (unpaired) electrons. The first kappa shape index (κ1) is 24.8. The van der Waals surface area contributed by atoms with E-state index in [-0.39, 0.29) is 17.7 Å². The number of thioether (sulfide) groups is 1. The van der Waals surface area contributed by atoms with Crippen molar-refractivity contribution in [2.75, 3.05) is 0 Å². The van der Waals surface area contributed by atoms with Gasteiger partial charge in [-0.05, 0) is 92.8 Å². The maximum atomic E-state index is 13.1. The molecule has 0 spiro atoms. The van der Waals surface area contributed by atoms with Crippen molar-refractivity contribution in [1.29, 1.82) is 0 Å². The summed E-state index contributed by atoms with van der Waals surface area (Å²) >= 11 is 17.8. The molecule has 3 aromatic rings. The minimum Gasteiger partial charge on any atom is -0.487 e. The highest BCUT2D eigenvalue weighted by molar-refractivity contribution is 14.1. The van der Waals surface area contributed by atoms with Gasteiger partial charge >= 0.3 is 0 Å². The molecule has 4 nitrogen and oxygen atoms in total. The first-order chi connectivity index (χ1) is 15.8. The van der Waals surface area contributed by atoms with Crippen LogP contribution in [0.3, 0.4) is 0 Å². The summed E-state index contributed by atoms with van der Waals surface area (Å²) in [7, 11) is 0. The third-order valence-electron chi connectivity index (χ3n) is 4.80. The van der Waals surface area contributed by atoms with Gasteiger partial charge in [-0.25, -0.2) is 0 Å². The maximum absolute atomic E-state index is 13.1. The maximum Gasteiger partial charge on any atom is 0.293 e. The van der Waals surface area contributed by atoms with Crippen molar-refractivity contribution in [2.45, 2.75) is 13.2 Å². The second-order valence-electron chi connectivity index (χ2n) is 7.05. The summed E-state index contributed by atoms with van der Waals surface area (Å²) in [5.74, 6) is 0.282. The standard InChI is InChI=1S/C24H15Cl2I2NO3S/c25-18-7-4-8-19(26)17(18)12-29-23(30)21(33-24(29)31)10-15-9-16(27)11-20(28)22(15)32-13-14-5-2-1-3-6-14/h1-11H,12-13H2/b21-10+. The fourth-order valence-electron chi connectivity index (χ4n) is 3.19. The third kappa shape index (κ3) is 5.87. The molecule has 0 atom stereocenters. The number of nitrogens with zero attached hydrogens (tertiary/aromatic N) is 1. The SMILES string of the molecule is O=C1S/C(=C/c2cc(I)cc(I)c2OCc2ccccc2)C(=O)N1Cc1c(Cl)cccc1Cl. The van der Waals surface area contributed by atoms with Gasteiger partial charge in [0, 0.05) is 24.7 Å². The van der Waals surface area contributed by atoms with Crippen molar-refractivity contribution < 1.29 is 14.3 Å². The van der Waals surface area contributed by atoms with Crippen LogP contribution in [0.2, 0.25) is 10.0 Å². The molecule has 33 heavy (non-hydrogen) atoms. The lowest BCUT2D eigenvalue weighted by atomic mass is 10.1. The number of ether oxygens (including phenoxy) is 1. The van der Waals surface area contributed by atoms with E-state index in [4.69, 9.17) is 27.9 Å². The molecule has 3 aromatic carbocycles. The predicted molar refractivity (Wildman–Crippen MR) is 151 cm³/mol. The normalized spacial score (nSPS) is 14.9. The molecule has 0 aliphatic carbocycles. The Balaban J connectivity index is 1.62. The Bertz CT molecular complexity index is 1250.